The lowest BCUT2D eigenvalue weighted by Crippen LogP contribution is -2.48. The Balaban J connectivity index is 1.88. The number of carbonyl (C=O) groups is 1. The SMILES string of the molecule is CS(=O)(=O)OC(C(c1ccc(F)cc1)c1cccc(C(F)(F)F)c1)[C@H]1CCCN1C(=O)c1n[nH]cc(O)c1=O. The molecule has 2 heterocycles. The van der Waals surface area contributed by atoms with Crippen LogP contribution in [-0.2, 0) is 20.5 Å². The molecule has 4 rings (SSSR count). The number of hydrogen-bond donors (Lipinski definition) is 2. The fraction of sp³-hybridized carbons (Fsp3) is 0.320. The van der Waals surface area contributed by atoms with Crippen LogP contribution in [0.5, 0.6) is 5.75 Å². The number of aromatic nitrogens is 2. The summed E-state index contributed by atoms with van der Waals surface area (Å²) in [6.45, 7) is 0.0443. The maximum absolute atomic E-state index is 13.8. The average molecular weight is 570 g/mol. The molecule has 9 nitrogen and oxygen atoms in total. The van der Waals surface area contributed by atoms with Crippen molar-refractivity contribution in [2.75, 3.05) is 12.8 Å². The van der Waals surface area contributed by atoms with Crippen LogP contribution < -0.4 is 5.43 Å². The Bertz CT molecular complexity index is 1530. The van der Waals surface area contributed by atoms with Gasteiger partial charge < -0.3 is 10.0 Å². The standard InChI is InChI=1S/C25H23F4N3O6S/c1-39(36,37)38-23(18-6-3-11-32(18)24(35)21-22(34)19(33)13-30-31-21)20(14-7-9-17(26)10-8-14)15-4-2-5-16(12-15)25(27,28)29/h2,4-5,7-10,12-13,18,20,23H,3,6,11H2,1H3,(H,30,34)(H,31,33)/t18-,20?,23?/m1/s1. The van der Waals surface area contributed by atoms with Crippen molar-refractivity contribution in [1.29, 1.82) is 0 Å². The van der Waals surface area contributed by atoms with E-state index in [9.17, 15) is 40.7 Å². The van der Waals surface area contributed by atoms with E-state index in [1.54, 1.807) is 0 Å². The molecule has 39 heavy (non-hydrogen) atoms. The van der Waals surface area contributed by atoms with Gasteiger partial charge in [0, 0.05) is 12.5 Å². The van der Waals surface area contributed by atoms with Crippen molar-refractivity contribution in [2.45, 2.75) is 37.1 Å². The Labute approximate surface area is 220 Å². The molecule has 1 aliphatic heterocycles. The Kier molecular flexibility index (Phi) is 7.80. The van der Waals surface area contributed by atoms with E-state index in [0.717, 1.165) is 47.7 Å². The van der Waals surface area contributed by atoms with Crippen LogP contribution in [0.3, 0.4) is 0 Å². The zero-order chi connectivity index (χ0) is 28.5. The molecule has 3 atom stereocenters. The molecule has 208 valence electrons. The molecule has 0 saturated carbocycles. The van der Waals surface area contributed by atoms with Crippen LogP contribution >= 0.6 is 0 Å². The van der Waals surface area contributed by atoms with Crippen LogP contribution in [0.25, 0.3) is 0 Å². The minimum Gasteiger partial charge on any atom is -0.503 e. The van der Waals surface area contributed by atoms with Crippen LogP contribution in [0.4, 0.5) is 17.6 Å². The second kappa shape index (κ2) is 10.8. The highest BCUT2D eigenvalue weighted by molar-refractivity contribution is 7.86. The predicted octanol–water partition coefficient (Wildman–Crippen LogP) is 3.41. The van der Waals surface area contributed by atoms with Crippen molar-refractivity contribution in [3.8, 4) is 5.75 Å². The van der Waals surface area contributed by atoms with E-state index >= 15 is 0 Å². The fourth-order valence-corrected chi connectivity index (χ4v) is 5.40. The monoisotopic (exact) mass is 569 g/mol. The third-order valence-corrected chi connectivity index (χ3v) is 6.96. The minimum absolute atomic E-state index is 0.0118. The van der Waals surface area contributed by atoms with E-state index < -0.39 is 68.5 Å². The topological polar surface area (TPSA) is 130 Å². The molecule has 1 saturated heterocycles. The number of nitrogens with zero attached hydrogens (tertiary/aromatic N) is 2. The summed E-state index contributed by atoms with van der Waals surface area (Å²) >= 11 is 0. The number of benzene rings is 2. The third-order valence-electron chi connectivity index (χ3n) is 6.38. The van der Waals surface area contributed by atoms with Gasteiger partial charge in [-0.25, -0.2) is 4.39 Å². The van der Waals surface area contributed by atoms with Crippen LogP contribution in [0, 0.1) is 5.82 Å². The molecule has 3 aromatic rings. The van der Waals surface area contributed by atoms with Crippen molar-refractivity contribution in [1.82, 2.24) is 15.1 Å². The van der Waals surface area contributed by atoms with Gasteiger partial charge in [-0.15, -0.1) is 0 Å². The normalized spacial score (nSPS) is 17.7. The summed E-state index contributed by atoms with van der Waals surface area (Å²) in [5.41, 5.74) is -2.47. The number of carbonyl (C=O) groups excluding carboxylic acids is 1. The summed E-state index contributed by atoms with van der Waals surface area (Å²) in [5.74, 6) is -3.54. The van der Waals surface area contributed by atoms with Gasteiger partial charge in [0.15, 0.2) is 11.4 Å². The Morgan fingerprint density at radius 3 is 2.51 bits per heavy atom. The molecule has 0 bridgehead atoms. The van der Waals surface area contributed by atoms with Crippen LogP contribution in [0.15, 0.2) is 59.5 Å². The lowest BCUT2D eigenvalue weighted by Gasteiger charge is -2.36. The smallest absolute Gasteiger partial charge is 0.416 e. The predicted molar refractivity (Wildman–Crippen MR) is 130 cm³/mol. The Morgan fingerprint density at radius 1 is 1.18 bits per heavy atom. The second-order valence-corrected chi connectivity index (χ2v) is 10.7. The van der Waals surface area contributed by atoms with Gasteiger partial charge in [-0.2, -0.15) is 26.7 Å². The second-order valence-electron chi connectivity index (χ2n) is 9.07. The summed E-state index contributed by atoms with van der Waals surface area (Å²) in [6.07, 6.45) is -4.04. The van der Waals surface area contributed by atoms with Crippen molar-refractivity contribution in [3.63, 3.8) is 0 Å². The van der Waals surface area contributed by atoms with Gasteiger partial charge in [-0.1, -0.05) is 30.3 Å². The molecule has 14 heteroatoms. The average Bonchev–Trinajstić information content (AvgIpc) is 3.35. The molecule has 0 spiro atoms. The van der Waals surface area contributed by atoms with Crippen molar-refractivity contribution >= 4 is 16.0 Å². The molecule has 0 aliphatic carbocycles. The number of nitrogens with one attached hydrogen (secondary N) is 1. The summed E-state index contributed by atoms with van der Waals surface area (Å²) < 4.78 is 84.9. The van der Waals surface area contributed by atoms with Crippen LogP contribution in [0.2, 0.25) is 0 Å². The van der Waals surface area contributed by atoms with Gasteiger partial charge in [0.1, 0.15) is 11.9 Å². The van der Waals surface area contributed by atoms with Gasteiger partial charge in [0.25, 0.3) is 21.5 Å². The van der Waals surface area contributed by atoms with Gasteiger partial charge >= 0.3 is 6.18 Å². The number of alkyl halides is 3. The number of aromatic hydroxyl groups is 1. The summed E-state index contributed by atoms with van der Waals surface area (Å²) in [7, 11) is -4.25. The van der Waals surface area contributed by atoms with E-state index in [2.05, 4.69) is 10.2 Å². The van der Waals surface area contributed by atoms with Gasteiger partial charge in [-0.3, -0.25) is 18.9 Å². The van der Waals surface area contributed by atoms with Crippen molar-refractivity contribution < 1.29 is 40.1 Å². The number of hydrogen-bond acceptors (Lipinski definition) is 7. The summed E-state index contributed by atoms with van der Waals surface area (Å²) in [5, 5.41) is 15.6. The molecule has 1 aromatic heterocycles. The van der Waals surface area contributed by atoms with E-state index in [0.29, 0.717) is 6.42 Å². The number of aromatic amines is 1. The lowest BCUT2D eigenvalue weighted by atomic mass is 9.82. The first-order valence-electron chi connectivity index (χ1n) is 11.6. The number of rotatable bonds is 7. The van der Waals surface area contributed by atoms with E-state index in [1.165, 1.54) is 18.2 Å². The number of likely N-dealkylation sites (tertiary alicyclic amines) is 1. The molecule has 1 fully saturated rings. The number of amides is 1. The maximum Gasteiger partial charge on any atom is 0.416 e. The molecule has 2 N–H and O–H groups in total. The van der Waals surface area contributed by atoms with Crippen molar-refractivity contribution in [3.05, 3.63) is 93.2 Å². The highest BCUT2D eigenvalue weighted by Crippen LogP contribution is 2.39. The molecule has 1 aliphatic rings. The lowest BCUT2D eigenvalue weighted by molar-refractivity contribution is -0.137. The molecule has 1 amide bonds. The van der Waals surface area contributed by atoms with Gasteiger partial charge in [-0.05, 0) is 42.2 Å². The maximum atomic E-state index is 13.8. The van der Waals surface area contributed by atoms with E-state index in [4.69, 9.17) is 4.18 Å². The largest absolute Gasteiger partial charge is 0.503 e. The van der Waals surface area contributed by atoms with Crippen LogP contribution in [0.1, 0.15) is 45.9 Å². The van der Waals surface area contributed by atoms with Gasteiger partial charge in [0.2, 0.25) is 0 Å². The number of H-pyrrole nitrogens is 1. The van der Waals surface area contributed by atoms with Crippen LogP contribution in [-0.4, -0.2) is 59.5 Å². The zero-order valence-corrected chi connectivity index (χ0v) is 21.2. The molecule has 0 radical (unpaired) electrons. The number of halogens is 4. The fourth-order valence-electron chi connectivity index (χ4n) is 4.76. The molecule has 2 aromatic carbocycles. The first-order valence-corrected chi connectivity index (χ1v) is 13.5. The molecule has 2 unspecified atom stereocenters. The highest BCUT2D eigenvalue weighted by atomic mass is 32.2. The minimum atomic E-state index is -4.71. The highest BCUT2D eigenvalue weighted by Gasteiger charge is 2.44. The molecular formula is C25H23F4N3O6S. The quantitative estimate of drug-likeness (QED) is 0.330. The van der Waals surface area contributed by atoms with E-state index in [-0.39, 0.29) is 24.1 Å². The summed E-state index contributed by atoms with van der Waals surface area (Å²) in [4.78, 5) is 26.9. The Morgan fingerprint density at radius 2 is 1.87 bits per heavy atom. The first kappa shape index (κ1) is 28.2. The van der Waals surface area contributed by atoms with Crippen molar-refractivity contribution in [2.24, 2.45) is 0 Å². The molecular weight excluding hydrogens is 546 g/mol. The zero-order valence-electron chi connectivity index (χ0n) is 20.4. The Hall–Kier alpha value is -3.78. The third kappa shape index (κ3) is 6.28. The van der Waals surface area contributed by atoms with Gasteiger partial charge in [0.05, 0.1) is 24.1 Å². The summed E-state index contributed by atoms with van der Waals surface area (Å²) in [6, 6.07) is 7.87. The van der Waals surface area contributed by atoms with E-state index in [1.807, 2.05) is 0 Å². The first-order chi connectivity index (χ1) is 18.3.